The van der Waals surface area contributed by atoms with Gasteiger partial charge in [-0.3, -0.25) is 0 Å². The van der Waals surface area contributed by atoms with Crippen molar-refractivity contribution in [3.8, 4) is 0 Å². The van der Waals surface area contributed by atoms with E-state index in [1.807, 2.05) is 0 Å². The molecule has 0 aromatic rings. The highest BCUT2D eigenvalue weighted by Gasteiger charge is 2.12. The second kappa shape index (κ2) is 20.2. The fraction of sp³-hybridized carbons (Fsp3) is 0.750. The first kappa shape index (κ1) is 26.4. The Hall–Kier alpha value is -1.58. The van der Waals surface area contributed by atoms with Crippen molar-refractivity contribution in [2.75, 3.05) is 6.61 Å². The molecule has 0 fully saturated rings. The quantitative estimate of drug-likeness (QED) is 0.131. The highest BCUT2D eigenvalue weighted by molar-refractivity contribution is 5.81. The third-order valence-electron chi connectivity index (χ3n) is 4.91. The van der Waals surface area contributed by atoms with Crippen LogP contribution in [0.15, 0.2) is 25.3 Å². The maximum absolute atomic E-state index is 11.6. The molecule has 0 N–H and O–H groups in total. The SMILES string of the molecule is C=CC(=O)OCCCCCCCC(CCCCCCCCCC)OC(=O)C=C. The third kappa shape index (κ3) is 17.8. The molecule has 0 aliphatic rings. The van der Waals surface area contributed by atoms with E-state index in [0.717, 1.165) is 51.4 Å². The summed E-state index contributed by atoms with van der Waals surface area (Å²) in [7, 11) is 0. The molecule has 0 heterocycles. The molecule has 4 heteroatoms. The minimum atomic E-state index is -0.354. The summed E-state index contributed by atoms with van der Waals surface area (Å²) in [6.45, 7) is 9.57. The Morgan fingerprint density at radius 2 is 1.18 bits per heavy atom. The van der Waals surface area contributed by atoms with E-state index in [-0.39, 0.29) is 18.0 Å². The van der Waals surface area contributed by atoms with Crippen LogP contribution >= 0.6 is 0 Å². The molecule has 28 heavy (non-hydrogen) atoms. The molecule has 0 saturated carbocycles. The van der Waals surface area contributed by atoms with Gasteiger partial charge < -0.3 is 9.47 Å². The Morgan fingerprint density at radius 3 is 1.68 bits per heavy atom. The van der Waals surface area contributed by atoms with E-state index in [9.17, 15) is 9.59 Å². The highest BCUT2D eigenvalue weighted by atomic mass is 16.5. The number of ether oxygens (including phenoxy) is 2. The topological polar surface area (TPSA) is 52.6 Å². The molecule has 0 spiro atoms. The van der Waals surface area contributed by atoms with Crippen LogP contribution in [0, 0.1) is 0 Å². The molecule has 0 aliphatic carbocycles. The predicted octanol–water partition coefficient (Wildman–Crippen LogP) is 6.68. The van der Waals surface area contributed by atoms with E-state index < -0.39 is 0 Å². The van der Waals surface area contributed by atoms with E-state index in [0.29, 0.717) is 6.61 Å². The third-order valence-corrected chi connectivity index (χ3v) is 4.91. The summed E-state index contributed by atoms with van der Waals surface area (Å²) < 4.78 is 10.5. The summed E-state index contributed by atoms with van der Waals surface area (Å²) in [5.74, 6) is -0.665. The van der Waals surface area contributed by atoms with E-state index in [4.69, 9.17) is 9.47 Å². The van der Waals surface area contributed by atoms with Crippen LogP contribution in [0.25, 0.3) is 0 Å². The molecule has 1 atom stereocenters. The fourth-order valence-electron chi connectivity index (χ4n) is 3.22. The molecule has 0 aromatic carbocycles. The normalized spacial score (nSPS) is 11.6. The summed E-state index contributed by atoms with van der Waals surface area (Å²) >= 11 is 0. The van der Waals surface area contributed by atoms with Gasteiger partial charge in [0.05, 0.1) is 6.61 Å². The van der Waals surface area contributed by atoms with Gasteiger partial charge >= 0.3 is 11.9 Å². The zero-order valence-corrected chi connectivity index (χ0v) is 18.1. The molecule has 162 valence electrons. The predicted molar refractivity (Wildman–Crippen MR) is 116 cm³/mol. The second-order valence-electron chi connectivity index (χ2n) is 7.45. The number of hydrogen-bond acceptors (Lipinski definition) is 4. The summed E-state index contributed by atoms with van der Waals surface area (Å²) in [5, 5.41) is 0. The number of carbonyl (C=O) groups excluding carboxylic acids is 2. The first-order chi connectivity index (χ1) is 13.6. The maximum atomic E-state index is 11.6. The minimum Gasteiger partial charge on any atom is -0.463 e. The Bertz CT molecular complexity index is 417. The van der Waals surface area contributed by atoms with Crippen LogP contribution in [0.3, 0.4) is 0 Å². The van der Waals surface area contributed by atoms with Crippen molar-refractivity contribution in [3.05, 3.63) is 25.3 Å². The average molecular weight is 395 g/mol. The van der Waals surface area contributed by atoms with E-state index in [1.165, 1.54) is 57.1 Å². The molecule has 0 saturated heterocycles. The van der Waals surface area contributed by atoms with Crippen LogP contribution in [-0.4, -0.2) is 24.6 Å². The Morgan fingerprint density at radius 1 is 0.714 bits per heavy atom. The van der Waals surface area contributed by atoms with Crippen LogP contribution in [0.1, 0.15) is 103 Å². The molecule has 0 aromatic heterocycles. The van der Waals surface area contributed by atoms with Crippen LogP contribution in [0.5, 0.6) is 0 Å². The molecule has 0 amide bonds. The fourth-order valence-corrected chi connectivity index (χ4v) is 3.22. The summed E-state index contributed by atoms with van der Waals surface area (Å²) in [4.78, 5) is 22.5. The Balaban J connectivity index is 3.78. The average Bonchev–Trinajstić information content (AvgIpc) is 2.71. The zero-order valence-electron chi connectivity index (χ0n) is 18.1. The van der Waals surface area contributed by atoms with Crippen LogP contribution in [0.2, 0.25) is 0 Å². The number of esters is 2. The van der Waals surface area contributed by atoms with Gasteiger partial charge in [0.2, 0.25) is 0 Å². The van der Waals surface area contributed by atoms with Gasteiger partial charge in [0.25, 0.3) is 0 Å². The second-order valence-corrected chi connectivity index (χ2v) is 7.45. The summed E-state index contributed by atoms with van der Waals surface area (Å²) in [6, 6.07) is 0. The van der Waals surface area contributed by atoms with Gasteiger partial charge in [0, 0.05) is 12.2 Å². The molecule has 0 rings (SSSR count). The van der Waals surface area contributed by atoms with E-state index >= 15 is 0 Å². The number of hydrogen-bond donors (Lipinski definition) is 0. The zero-order chi connectivity index (χ0) is 20.9. The van der Waals surface area contributed by atoms with Crippen molar-refractivity contribution >= 4 is 11.9 Å². The lowest BCUT2D eigenvalue weighted by Gasteiger charge is -2.17. The first-order valence-electron chi connectivity index (χ1n) is 11.3. The largest absolute Gasteiger partial charge is 0.463 e. The maximum Gasteiger partial charge on any atom is 0.330 e. The van der Waals surface area contributed by atoms with Gasteiger partial charge in [-0.15, -0.1) is 0 Å². The monoisotopic (exact) mass is 394 g/mol. The molecule has 0 radical (unpaired) electrons. The smallest absolute Gasteiger partial charge is 0.330 e. The molecule has 0 aliphatic heterocycles. The molecule has 0 bridgehead atoms. The molecule has 1 unspecified atom stereocenters. The Labute approximate surface area is 172 Å². The van der Waals surface area contributed by atoms with Gasteiger partial charge in [-0.25, -0.2) is 9.59 Å². The van der Waals surface area contributed by atoms with Gasteiger partial charge in [0.1, 0.15) is 6.10 Å². The molecular weight excluding hydrogens is 352 g/mol. The van der Waals surface area contributed by atoms with Crippen LogP contribution in [-0.2, 0) is 19.1 Å². The Kier molecular flexibility index (Phi) is 19.0. The van der Waals surface area contributed by atoms with Crippen molar-refractivity contribution in [1.82, 2.24) is 0 Å². The van der Waals surface area contributed by atoms with Crippen molar-refractivity contribution in [3.63, 3.8) is 0 Å². The van der Waals surface area contributed by atoms with Crippen LogP contribution < -0.4 is 0 Å². The lowest BCUT2D eigenvalue weighted by molar-refractivity contribution is -0.143. The van der Waals surface area contributed by atoms with Crippen molar-refractivity contribution < 1.29 is 19.1 Å². The lowest BCUT2D eigenvalue weighted by Crippen LogP contribution is -2.17. The summed E-state index contributed by atoms with van der Waals surface area (Å²) in [6.07, 6.45) is 19.8. The molecule has 4 nitrogen and oxygen atoms in total. The standard InChI is InChI=1S/C24H42O4/c1-4-7-8-9-10-11-13-16-19-22(28-24(26)6-3)20-17-14-12-15-18-21-27-23(25)5-2/h5-6,22H,2-4,7-21H2,1H3. The molecular formula is C24H42O4. The van der Waals surface area contributed by atoms with Crippen molar-refractivity contribution in [2.24, 2.45) is 0 Å². The van der Waals surface area contributed by atoms with E-state index in [1.54, 1.807) is 0 Å². The number of unbranched alkanes of at least 4 members (excludes halogenated alkanes) is 11. The number of rotatable bonds is 20. The minimum absolute atomic E-state index is 0.0131. The lowest BCUT2D eigenvalue weighted by atomic mass is 10.0. The van der Waals surface area contributed by atoms with Crippen molar-refractivity contribution in [2.45, 2.75) is 109 Å². The van der Waals surface area contributed by atoms with Gasteiger partial charge in [-0.2, -0.15) is 0 Å². The highest BCUT2D eigenvalue weighted by Crippen LogP contribution is 2.17. The van der Waals surface area contributed by atoms with E-state index in [2.05, 4.69) is 20.1 Å². The van der Waals surface area contributed by atoms with Crippen molar-refractivity contribution in [1.29, 1.82) is 0 Å². The van der Waals surface area contributed by atoms with Crippen LogP contribution in [0.4, 0.5) is 0 Å². The van der Waals surface area contributed by atoms with Gasteiger partial charge in [0.15, 0.2) is 0 Å². The number of carbonyl (C=O) groups is 2. The first-order valence-corrected chi connectivity index (χ1v) is 11.3. The van der Waals surface area contributed by atoms with Gasteiger partial charge in [-0.05, 0) is 32.1 Å². The summed E-state index contributed by atoms with van der Waals surface area (Å²) in [5.41, 5.74) is 0. The van der Waals surface area contributed by atoms with Gasteiger partial charge in [-0.1, -0.05) is 84.3 Å².